The number of carbonyl (C=O) groups is 1. The van der Waals surface area contributed by atoms with Crippen LogP contribution >= 0.6 is 23.1 Å². The van der Waals surface area contributed by atoms with Crippen molar-refractivity contribution >= 4 is 34.1 Å². The van der Waals surface area contributed by atoms with Crippen molar-refractivity contribution in [3.05, 3.63) is 36.2 Å². The van der Waals surface area contributed by atoms with Gasteiger partial charge in [0.2, 0.25) is 11.0 Å². The first-order chi connectivity index (χ1) is 11.1. The Labute approximate surface area is 141 Å². The largest absolute Gasteiger partial charge is 0.312 e. The van der Waals surface area contributed by atoms with Crippen molar-refractivity contribution < 1.29 is 4.79 Å². The molecule has 23 heavy (non-hydrogen) atoms. The highest BCUT2D eigenvalue weighted by Crippen LogP contribution is 2.26. The number of carbonyl (C=O) groups excluding carboxylic acids is 1. The van der Waals surface area contributed by atoms with Crippen molar-refractivity contribution in [2.45, 2.75) is 12.1 Å². The Kier molecular flexibility index (Phi) is 4.68. The van der Waals surface area contributed by atoms with Crippen molar-refractivity contribution in [1.82, 2.24) is 25.0 Å². The zero-order chi connectivity index (χ0) is 16.2. The van der Waals surface area contributed by atoms with E-state index in [4.69, 9.17) is 0 Å². The first-order valence-corrected chi connectivity index (χ1v) is 8.59. The number of benzene rings is 1. The van der Waals surface area contributed by atoms with Crippen LogP contribution in [0.3, 0.4) is 0 Å². The summed E-state index contributed by atoms with van der Waals surface area (Å²) in [6.07, 6.45) is 1.60. The molecule has 0 aliphatic heterocycles. The maximum atomic E-state index is 12.0. The van der Waals surface area contributed by atoms with Gasteiger partial charge < -0.3 is 4.57 Å². The number of amides is 1. The second kappa shape index (κ2) is 6.88. The highest BCUT2D eigenvalue weighted by Gasteiger charge is 2.11. The van der Waals surface area contributed by atoms with Gasteiger partial charge in [-0.15, -0.1) is 20.4 Å². The number of hydrogen-bond acceptors (Lipinski definition) is 7. The van der Waals surface area contributed by atoms with Gasteiger partial charge in [0.05, 0.1) is 5.75 Å². The Balaban J connectivity index is 1.59. The fourth-order valence-corrected chi connectivity index (χ4v) is 3.23. The minimum Gasteiger partial charge on any atom is -0.312 e. The lowest BCUT2D eigenvalue weighted by molar-refractivity contribution is -0.113. The quantitative estimate of drug-likeness (QED) is 0.714. The molecule has 1 N–H and O–H groups in total. The number of thioether (sulfide) groups is 1. The molecule has 3 rings (SSSR count). The molecule has 2 aromatic heterocycles. The zero-order valence-corrected chi connectivity index (χ0v) is 14.2. The van der Waals surface area contributed by atoms with Crippen LogP contribution in [0.2, 0.25) is 0 Å². The SMILES string of the molecule is Cc1ccc(-c2nnc(NC(=O)CSc3nncn3C)s2)cc1. The second-order valence-corrected chi connectivity index (χ2v) is 6.76. The lowest BCUT2D eigenvalue weighted by Gasteiger charge is -2.00. The first kappa shape index (κ1) is 15.6. The summed E-state index contributed by atoms with van der Waals surface area (Å²) in [4.78, 5) is 12.0. The van der Waals surface area contributed by atoms with E-state index in [-0.39, 0.29) is 11.7 Å². The first-order valence-electron chi connectivity index (χ1n) is 6.79. The number of nitrogens with one attached hydrogen (secondary N) is 1. The summed E-state index contributed by atoms with van der Waals surface area (Å²) in [6, 6.07) is 8.02. The van der Waals surface area contributed by atoms with Crippen LogP contribution in [0.5, 0.6) is 0 Å². The third kappa shape index (κ3) is 3.93. The van der Waals surface area contributed by atoms with Gasteiger partial charge in [-0.25, -0.2) is 0 Å². The summed E-state index contributed by atoms with van der Waals surface area (Å²) in [5.74, 6) is 0.0935. The summed E-state index contributed by atoms with van der Waals surface area (Å²) in [5.41, 5.74) is 2.18. The Morgan fingerprint density at radius 2 is 2.04 bits per heavy atom. The molecule has 0 fully saturated rings. The van der Waals surface area contributed by atoms with Crippen LogP contribution in [0.25, 0.3) is 10.6 Å². The van der Waals surface area contributed by atoms with E-state index >= 15 is 0 Å². The van der Waals surface area contributed by atoms with Gasteiger partial charge >= 0.3 is 0 Å². The molecule has 0 bridgehead atoms. The number of aryl methyl sites for hydroxylation is 2. The van der Waals surface area contributed by atoms with Crippen LogP contribution in [0.15, 0.2) is 35.7 Å². The van der Waals surface area contributed by atoms with Gasteiger partial charge in [-0.1, -0.05) is 52.9 Å². The molecule has 0 saturated carbocycles. The maximum Gasteiger partial charge on any atom is 0.236 e. The molecule has 0 saturated heterocycles. The van der Waals surface area contributed by atoms with Crippen molar-refractivity contribution in [2.75, 3.05) is 11.1 Å². The monoisotopic (exact) mass is 346 g/mol. The van der Waals surface area contributed by atoms with Gasteiger partial charge in [0.1, 0.15) is 11.3 Å². The molecule has 2 heterocycles. The molecule has 0 aliphatic rings. The Hall–Kier alpha value is -2.26. The van der Waals surface area contributed by atoms with Crippen LogP contribution in [0.1, 0.15) is 5.56 Å². The van der Waals surface area contributed by atoms with E-state index in [1.54, 1.807) is 10.9 Å². The van der Waals surface area contributed by atoms with Crippen molar-refractivity contribution in [3.63, 3.8) is 0 Å². The maximum absolute atomic E-state index is 12.0. The van der Waals surface area contributed by atoms with Crippen LogP contribution in [-0.2, 0) is 11.8 Å². The van der Waals surface area contributed by atoms with Gasteiger partial charge in [-0.2, -0.15) is 0 Å². The topological polar surface area (TPSA) is 85.6 Å². The molecule has 0 spiro atoms. The highest BCUT2D eigenvalue weighted by atomic mass is 32.2. The number of aromatic nitrogens is 5. The molecule has 7 nitrogen and oxygen atoms in total. The van der Waals surface area contributed by atoms with Gasteiger partial charge in [-0.3, -0.25) is 10.1 Å². The molecule has 1 aromatic carbocycles. The van der Waals surface area contributed by atoms with Crippen LogP contribution in [-0.4, -0.2) is 36.6 Å². The molecule has 1 amide bonds. The summed E-state index contributed by atoms with van der Waals surface area (Å²) < 4.78 is 1.76. The minimum absolute atomic E-state index is 0.149. The second-order valence-electron chi connectivity index (χ2n) is 4.84. The fourth-order valence-electron chi connectivity index (χ4n) is 1.78. The molecule has 0 atom stereocenters. The number of nitrogens with zero attached hydrogens (tertiary/aromatic N) is 5. The standard InChI is InChI=1S/C14H14N6OS2/c1-9-3-5-10(6-4-9)12-17-18-13(23-12)16-11(21)7-22-14-19-15-8-20(14)2/h3-6,8H,7H2,1-2H3,(H,16,18,21). The molecular weight excluding hydrogens is 332 g/mol. The minimum atomic E-state index is -0.149. The van der Waals surface area contributed by atoms with E-state index in [1.165, 1.54) is 28.7 Å². The van der Waals surface area contributed by atoms with Crippen molar-refractivity contribution in [3.8, 4) is 10.6 Å². The van der Waals surface area contributed by atoms with Crippen molar-refractivity contribution in [1.29, 1.82) is 0 Å². The fraction of sp³-hybridized carbons (Fsp3) is 0.214. The average molecular weight is 346 g/mol. The van der Waals surface area contributed by atoms with E-state index in [0.717, 1.165) is 10.6 Å². The highest BCUT2D eigenvalue weighted by molar-refractivity contribution is 7.99. The smallest absolute Gasteiger partial charge is 0.236 e. The summed E-state index contributed by atoms with van der Waals surface area (Å²) >= 11 is 2.67. The molecule has 0 aliphatic carbocycles. The van der Waals surface area contributed by atoms with E-state index < -0.39 is 0 Å². The summed E-state index contributed by atoms with van der Waals surface area (Å²) in [5, 5.41) is 20.5. The van der Waals surface area contributed by atoms with E-state index in [2.05, 4.69) is 25.7 Å². The Morgan fingerprint density at radius 3 is 2.74 bits per heavy atom. The molecular formula is C14H14N6OS2. The van der Waals surface area contributed by atoms with E-state index in [1.807, 2.05) is 38.2 Å². The molecule has 0 radical (unpaired) electrons. The van der Waals surface area contributed by atoms with Gasteiger partial charge in [0.15, 0.2) is 5.16 Å². The van der Waals surface area contributed by atoms with E-state index in [9.17, 15) is 4.79 Å². The number of rotatable bonds is 5. The van der Waals surface area contributed by atoms with Crippen LogP contribution < -0.4 is 5.32 Å². The molecule has 9 heteroatoms. The lowest BCUT2D eigenvalue weighted by atomic mass is 10.2. The molecule has 0 unspecified atom stereocenters. The zero-order valence-electron chi connectivity index (χ0n) is 12.6. The third-order valence-corrected chi connectivity index (χ3v) is 4.89. The predicted molar refractivity (Wildman–Crippen MR) is 90.4 cm³/mol. The Bertz CT molecular complexity index is 811. The summed E-state index contributed by atoms with van der Waals surface area (Å²) in [6.45, 7) is 2.03. The lowest BCUT2D eigenvalue weighted by Crippen LogP contribution is -2.14. The third-order valence-electron chi connectivity index (χ3n) is 2.97. The average Bonchev–Trinajstić information content (AvgIpc) is 3.15. The van der Waals surface area contributed by atoms with Crippen LogP contribution in [0, 0.1) is 6.92 Å². The summed E-state index contributed by atoms with van der Waals surface area (Å²) in [7, 11) is 1.83. The van der Waals surface area contributed by atoms with E-state index in [0.29, 0.717) is 10.3 Å². The van der Waals surface area contributed by atoms with Crippen molar-refractivity contribution in [2.24, 2.45) is 7.05 Å². The number of anilines is 1. The molecule has 118 valence electrons. The Morgan fingerprint density at radius 1 is 1.26 bits per heavy atom. The van der Waals surface area contributed by atoms with Gasteiger partial charge in [-0.05, 0) is 6.92 Å². The normalized spacial score (nSPS) is 10.7. The predicted octanol–water partition coefficient (Wildman–Crippen LogP) is 2.37. The van der Waals surface area contributed by atoms with Gasteiger partial charge in [0, 0.05) is 12.6 Å². The molecule has 3 aromatic rings. The van der Waals surface area contributed by atoms with Crippen LogP contribution in [0.4, 0.5) is 5.13 Å². The van der Waals surface area contributed by atoms with Gasteiger partial charge in [0.25, 0.3) is 0 Å². The number of hydrogen-bond donors (Lipinski definition) is 1.